The minimum absolute atomic E-state index is 0.552. The van der Waals surface area contributed by atoms with E-state index in [1.165, 1.54) is 5.56 Å². The summed E-state index contributed by atoms with van der Waals surface area (Å²) in [4.78, 5) is 23.3. The SMILES string of the molecule is CCCCCNC(=O)C(=O)Nc1ccc(CCCC)cc1. The molecule has 2 amide bonds. The minimum Gasteiger partial charge on any atom is -0.348 e. The molecule has 1 aromatic rings. The van der Waals surface area contributed by atoms with E-state index in [4.69, 9.17) is 0 Å². The third kappa shape index (κ3) is 6.93. The molecule has 0 saturated carbocycles. The van der Waals surface area contributed by atoms with Crippen LogP contribution in [0.5, 0.6) is 0 Å². The van der Waals surface area contributed by atoms with Gasteiger partial charge in [0, 0.05) is 12.2 Å². The molecule has 1 rings (SSSR count). The molecule has 0 atom stereocenters. The van der Waals surface area contributed by atoms with Crippen LogP contribution in [0, 0.1) is 0 Å². The first kappa shape index (κ1) is 17.2. The number of unbranched alkanes of at least 4 members (excludes halogenated alkanes) is 3. The van der Waals surface area contributed by atoms with Gasteiger partial charge in [0.25, 0.3) is 0 Å². The molecular weight excluding hydrogens is 264 g/mol. The highest BCUT2D eigenvalue weighted by Gasteiger charge is 2.12. The van der Waals surface area contributed by atoms with E-state index in [2.05, 4.69) is 24.5 Å². The first-order valence-corrected chi connectivity index (χ1v) is 7.85. The Labute approximate surface area is 127 Å². The lowest BCUT2D eigenvalue weighted by molar-refractivity contribution is -0.136. The Bertz CT molecular complexity index is 441. The van der Waals surface area contributed by atoms with E-state index in [9.17, 15) is 9.59 Å². The van der Waals surface area contributed by atoms with Gasteiger partial charge in [-0.3, -0.25) is 9.59 Å². The Morgan fingerprint density at radius 2 is 1.57 bits per heavy atom. The normalized spacial score (nSPS) is 10.2. The largest absolute Gasteiger partial charge is 0.348 e. The molecule has 2 N–H and O–H groups in total. The van der Waals surface area contributed by atoms with Crippen molar-refractivity contribution in [1.29, 1.82) is 0 Å². The van der Waals surface area contributed by atoms with Crippen molar-refractivity contribution in [2.75, 3.05) is 11.9 Å². The fourth-order valence-corrected chi connectivity index (χ4v) is 1.98. The van der Waals surface area contributed by atoms with Crippen LogP contribution in [-0.4, -0.2) is 18.4 Å². The number of benzene rings is 1. The zero-order valence-electron chi connectivity index (χ0n) is 13.1. The van der Waals surface area contributed by atoms with E-state index in [1.807, 2.05) is 24.3 Å². The highest BCUT2D eigenvalue weighted by molar-refractivity contribution is 6.39. The zero-order valence-corrected chi connectivity index (χ0v) is 13.1. The van der Waals surface area contributed by atoms with Crippen LogP contribution in [-0.2, 0) is 16.0 Å². The predicted octanol–water partition coefficient (Wildman–Crippen LogP) is 3.27. The van der Waals surface area contributed by atoms with Crippen molar-refractivity contribution in [3.05, 3.63) is 29.8 Å². The first-order valence-electron chi connectivity index (χ1n) is 7.85. The van der Waals surface area contributed by atoms with E-state index in [0.717, 1.165) is 38.5 Å². The standard InChI is InChI=1S/C17H26N2O2/c1-3-5-7-13-18-16(20)17(21)19-15-11-9-14(10-12-15)8-6-4-2/h9-12H,3-8,13H2,1-2H3,(H,18,20)(H,19,21). The van der Waals surface area contributed by atoms with Gasteiger partial charge in [0.2, 0.25) is 0 Å². The summed E-state index contributed by atoms with van der Waals surface area (Å²) in [5.74, 6) is -1.17. The van der Waals surface area contributed by atoms with Crippen molar-refractivity contribution in [1.82, 2.24) is 5.32 Å². The zero-order chi connectivity index (χ0) is 15.5. The van der Waals surface area contributed by atoms with E-state index >= 15 is 0 Å². The number of anilines is 1. The number of carbonyl (C=O) groups excluding carboxylic acids is 2. The Kier molecular flexibility index (Phi) is 8.17. The van der Waals surface area contributed by atoms with Crippen LogP contribution in [0.1, 0.15) is 51.5 Å². The summed E-state index contributed by atoms with van der Waals surface area (Å²) < 4.78 is 0. The average Bonchev–Trinajstić information content (AvgIpc) is 2.50. The minimum atomic E-state index is -0.604. The number of nitrogens with one attached hydrogen (secondary N) is 2. The van der Waals surface area contributed by atoms with Gasteiger partial charge in [-0.25, -0.2) is 0 Å². The van der Waals surface area contributed by atoms with Gasteiger partial charge in [0.15, 0.2) is 0 Å². The molecule has 0 saturated heterocycles. The van der Waals surface area contributed by atoms with Crippen LogP contribution in [0.2, 0.25) is 0 Å². The molecule has 0 spiro atoms. The lowest BCUT2D eigenvalue weighted by Gasteiger charge is -2.07. The summed E-state index contributed by atoms with van der Waals surface area (Å²) in [5.41, 5.74) is 1.91. The summed E-state index contributed by atoms with van der Waals surface area (Å²) in [7, 11) is 0. The lowest BCUT2D eigenvalue weighted by atomic mass is 10.1. The predicted molar refractivity (Wildman–Crippen MR) is 86.2 cm³/mol. The Balaban J connectivity index is 2.37. The average molecular weight is 290 g/mol. The molecule has 21 heavy (non-hydrogen) atoms. The van der Waals surface area contributed by atoms with E-state index in [-0.39, 0.29) is 0 Å². The molecule has 4 nitrogen and oxygen atoms in total. The second-order valence-electron chi connectivity index (χ2n) is 5.22. The summed E-state index contributed by atoms with van der Waals surface area (Å²) >= 11 is 0. The van der Waals surface area contributed by atoms with Crippen LogP contribution < -0.4 is 10.6 Å². The fraction of sp³-hybridized carbons (Fsp3) is 0.529. The van der Waals surface area contributed by atoms with Gasteiger partial charge in [-0.05, 0) is 37.0 Å². The highest BCUT2D eigenvalue weighted by atomic mass is 16.2. The smallest absolute Gasteiger partial charge is 0.313 e. The van der Waals surface area contributed by atoms with Crippen LogP contribution in [0.25, 0.3) is 0 Å². The number of hydrogen-bond acceptors (Lipinski definition) is 2. The van der Waals surface area contributed by atoms with Crippen LogP contribution in [0.3, 0.4) is 0 Å². The van der Waals surface area contributed by atoms with Crippen LogP contribution in [0.15, 0.2) is 24.3 Å². The molecule has 116 valence electrons. The van der Waals surface area contributed by atoms with Crippen LogP contribution >= 0.6 is 0 Å². The van der Waals surface area contributed by atoms with Gasteiger partial charge >= 0.3 is 11.8 Å². The van der Waals surface area contributed by atoms with Crippen molar-refractivity contribution in [2.24, 2.45) is 0 Å². The molecule has 0 aromatic heterocycles. The second kappa shape index (κ2) is 9.97. The molecule has 0 fully saturated rings. The number of amides is 2. The number of carbonyl (C=O) groups is 2. The molecule has 0 unspecified atom stereocenters. The van der Waals surface area contributed by atoms with Crippen molar-refractivity contribution >= 4 is 17.5 Å². The number of rotatable bonds is 8. The van der Waals surface area contributed by atoms with Gasteiger partial charge in [-0.15, -0.1) is 0 Å². The molecule has 0 heterocycles. The fourth-order valence-electron chi connectivity index (χ4n) is 1.98. The van der Waals surface area contributed by atoms with Crippen molar-refractivity contribution in [3.63, 3.8) is 0 Å². The Morgan fingerprint density at radius 1 is 0.905 bits per heavy atom. The van der Waals surface area contributed by atoms with Gasteiger partial charge in [0.05, 0.1) is 0 Å². The van der Waals surface area contributed by atoms with Crippen molar-refractivity contribution in [3.8, 4) is 0 Å². The maximum atomic E-state index is 11.7. The molecule has 0 radical (unpaired) electrons. The number of aryl methyl sites for hydroxylation is 1. The van der Waals surface area contributed by atoms with Gasteiger partial charge in [-0.2, -0.15) is 0 Å². The topological polar surface area (TPSA) is 58.2 Å². The molecule has 0 aliphatic carbocycles. The Morgan fingerprint density at radius 3 is 2.19 bits per heavy atom. The third-order valence-electron chi connectivity index (χ3n) is 3.30. The van der Waals surface area contributed by atoms with Gasteiger partial charge < -0.3 is 10.6 Å². The van der Waals surface area contributed by atoms with Crippen molar-refractivity contribution in [2.45, 2.75) is 52.4 Å². The monoisotopic (exact) mass is 290 g/mol. The molecule has 0 bridgehead atoms. The van der Waals surface area contributed by atoms with Crippen LogP contribution in [0.4, 0.5) is 5.69 Å². The van der Waals surface area contributed by atoms with Crippen molar-refractivity contribution < 1.29 is 9.59 Å². The second-order valence-corrected chi connectivity index (χ2v) is 5.22. The summed E-state index contributed by atoms with van der Waals surface area (Å²) in [5, 5.41) is 5.24. The lowest BCUT2D eigenvalue weighted by Crippen LogP contribution is -2.35. The summed E-state index contributed by atoms with van der Waals surface area (Å²) in [6.45, 7) is 4.81. The summed E-state index contributed by atoms with van der Waals surface area (Å²) in [6, 6.07) is 7.66. The molecule has 4 heteroatoms. The first-order chi connectivity index (χ1) is 10.2. The Hall–Kier alpha value is -1.84. The van der Waals surface area contributed by atoms with E-state index in [1.54, 1.807) is 0 Å². The highest BCUT2D eigenvalue weighted by Crippen LogP contribution is 2.11. The molecule has 1 aromatic carbocycles. The molecule has 0 aliphatic heterocycles. The third-order valence-corrected chi connectivity index (χ3v) is 3.30. The molecular formula is C17H26N2O2. The van der Waals surface area contributed by atoms with E-state index in [0.29, 0.717) is 12.2 Å². The number of hydrogen-bond donors (Lipinski definition) is 2. The maximum absolute atomic E-state index is 11.7. The van der Waals surface area contributed by atoms with E-state index < -0.39 is 11.8 Å². The van der Waals surface area contributed by atoms with Gasteiger partial charge in [0.1, 0.15) is 0 Å². The maximum Gasteiger partial charge on any atom is 0.313 e. The quantitative estimate of drug-likeness (QED) is 0.570. The molecule has 0 aliphatic rings. The summed E-state index contributed by atoms with van der Waals surface area (Å²) in [6.07, 6.45) is 6.42. The van der Waals surface area contributed by atoms with Gasteiger partial charge in [-0.1, -0.05) is 45.2 Å².